The molecule has 2 rings (SSSR count). The number of nitrogens with one attached hydrogen (secondary N) is 1. The number of carbonyl (C=O) groups is 1. The molecule has 0 radical (unpaired) electrons. The van der Waals surface area contributed by atoms with Crippen molar-refractivity contribution >= 4 is 23.6 Å². The zero-order valence-electron chi connectivity index (χ0n) is 14.5. The Balaban J connectivity index is 2.27. The van der Waals surface area contributed by atoms with Crippen molar-refractivity contribution in [2.45, 2.75) is 6.42 Å². The van der Waals surface area contributed by atoms with Crippen LogP contribution < -0.4 is 14.8 Å². The molecule has 0 aliphatic rings. The lowest BCUT2D eigenvalue weighted by atomic mass is 9.99. The molecule has 0 aliphatic heterocycles. The van der Waals surface area contributed by atoms with Crippen LogP contribution in [0.4, 0.5) is 11.4 Å². The molecule has 132 valence electrons. The molecular weight excluding hydrogens is 320 g/mol. The number of benzene rings is 2. The van der Waals surface area contributed by atoms with Gasteiger partial charge in [0.15, 0.2) is 0 Å². The molecule has 1 atom stereocenters. The number of aliphatic carboxylic acids is 1. The minimum absolute atomic E-state index is 0.280. The van der Waals surface area contributed by atoms with Gasteiger partial charge in [0.1, 0.15) is 17.2 Å². The summed E-state index contributed by atoms with van der Waals surface area (Å²) in [4.78, 5) is 15.9. The third kappa shape index (κ3) is 4.73. The first kappa shape index (κ1) is 18.3. The maximum absolute atomic E-state index is 11.6. The first-order valence-corrected chi connectivity index (χ1v) is 7.83. The Morgan fingerprint density at radius 1 is 1.20 bits per heavy atom. The van der Waals surface area contributed by atoms with Crippen LogP contribution in [0.3, 0.4) is 0 Å². The van der Waals surface area contributed by atoms with Gasteiger partial charge in [-0.2, -0.15) is 0 Å². The summed E-state index contributed by atoms with van der Waals surface area (Å²) in [6.07, 6.45) is 1.74. The van der Waals surface area contributed by atoms with Crippen LogP contribution in [0.1, 0.15) is 5.56 Å². The van der Waals surface area contributed by atoms with Crippen LogP contribution in [-0.2, 0) is 11.2 Å². The quantitative estimate of drug-likeness (QED) is 0.719. The zero-order valence-corrected chi connectivity index (χ0v) is 14.5. The van der Waals surface area contributed by atoms with Gasteiger partial charge in [0.05, 0.1) is 25.8 Å². The van der Waals surface area contributed by atoms with Crippen LogP contribution >= 0.6 is 0 Å². The number of para-hydroxylation sites is 1. The number of carboxylic acid groups (broad SMARTS) is 1. The molecule has 6 heteroatoms. The number of anilines is 1. The monoisotopic (exact) mass is 342 g/mol. The topological polar surface area (TPSA) is 80.2 Å². The molecule has 0 aliphatic carbocycles. The number of hydrogen-bond donors (Lipinski definition) is 2. The van der Waals surface area contributed by atoms with Crippen molar-refractivity contribution in [1.29, 1.82) is 0 Å². The van der Waals surface area contributed by atoms with Gasteiger partial charge < -0.3 is 19.9 Å². The van der Waals surface area contributed by atoms with Crippen molar-refractivity contribution in [3.8, 4) is 11.5 Å². The van der Waals surface area contributed by atoms with Crippen LogP contribution in [-0.4, -0.2) is 38.6 Å². The summed E-state index contributed by atoms with van der Waals surface area (Å²) in [5, 5.41) is 12.5. The number of methoxy groups -OCH3 is 2. The number of hydrogen-bond acceptors (Lipinski definition) is 5. The second kappa shape index (κ2) is 8.73. The molecule has 2 aromatic carbocycles. The van der Waals surface area contributed by atoms with Gasteiger partial charge in [-0.15, -0.1) is 0 Å². The van der Waals surface area contributed by atoms with Gasteiger partial charge in [-0.05, 0) is 36.2 Å². The van der Waals surface area contributed by atoms with E-state index >= 15 is 0 Å². The molecule has 0 bridgehead atoms. The zero-order chi connectivity index (χ0) is 18.2. The molecule has 0 fully saturated rings. The van der Waals surface area contributed by atoms with Gasteiger partial charge in [0, 0.05) is 13.3 Å². The predicted octanol–water partition coefficient (Wildman–Crippen LogP) is 3.39. The minimum Gasteiger partial charge on any atom is -0.494 e. The SMILES string of the molecule is CNc1c(OC)cc(CC(C=Nc2ccccc2)C(=O)O)cc1OC. The summed E-state index contributed by atoms with van der Waals surface area (Å²) in [7, 11) is 4.89. The van der Waals surface area contributed by atoms with E-state index in [4.69, 9.17) is 9.47 Å². The number of ether oxygens (including phenoxy) is 2. The van der Waals surface area contributed by atoms with Gasteiger partial charge in [0.25, 0.3) is 0 Å². The smallest absolute Gasteiger partial charge is 0.312 e. The molecule has 25 heavy (non-hydrogen) atoms. The van der Waals surface area contributed by atoms with E-state index in [-0.39, 0.29) is 6.42 Å². The molecule has 0 heterocycles. The normalized spacial score (nSPS) is 12.0. The fraction of sp³-hybridized carbons (Fsp3) is 0.263. The average Bonchev–Trinajstić information content (AvgIpc) is 2.64. The van der Waals surface area contributed by atoms with Gasteiger partial charge in [-0.1, -0.05) is 18.2 Å². The van der Waals surface area contributed by atoms with Gasteiger partial charge in [-0.3, -0.25) is 9.79 Å². The Labute approximate surface area is 147 Å². The van der Waals surface area contributed by atoms with Crippen molar-refractivity contribution in [2.24, 2.45) is 10.9 Å². The molecule has 2 N–H and O–H groups in total. The third-order valence-corrected chi connectivity index (χ3v) is 3.75. The molecule has 6 nitrogen and oxygen atoms in total. The van der Waals surface area contributed by atoms with Crippen LogP contribution in [0, 0.1) is 5.92 Å². The highest BCUT2D eigenvalue weighted by Crippen LogP contribution is 2.36. The van der Waals surface area contributed by atoms with E-state index in [1.54, 1.807) is 33.4 Å². The summed E-state index contributed by atoms with van der Waals surface area (Å²) in [5.74, 6) is -0.493. The van der Waals surface area contributed by atoms with Gasteiger partial charge in [-0.25, -0.2) is 0 Å². The van der Waals surface area contributed by atoms with Crippen LogP contribution in [0.5, 0.6) is 11.5 Å². The van der Waals surface area contributed by atoms with Gasteiger partial charge in [0.2, 0.25) is 0 Å². The van der Waals surface area contributed by atoms with Crippen molar-refractivity contribution < 1.29 is 19.4 Å². The highest BCUT2D eigenvalue weighted by molar-refractivity contribution is 5.90. The maximum atomic E-state index is 11.6. The highest BCUT2D eigenvalue weighted by Gasteiger charge is 2.19. The van der Waals surface area contributed by atoms with E-state index in [9.17, 15) is 9.90 Å². The molecule has 2 aromatic rings. The minimum atomic E-state index is -0.935. The highest BCUT2D eigenvalue weighted by atomic mass is 16.5. The Bertz CT molecular complexity index is 719. The summed E-state index contributed by atoms with van der Waals surface area (Å²) < 4.78 is 10.7. The van der Waals surface area contributed by atoms with E-state index in [1.807, 2.05) is 30.3 Å². The third-order valence-electron chi connectivity index (χ3n) is 3.75. The van der Waals surface area contributed by atoms with Crippen molar-refractivity contribution in [1.82, 2.24) is 0 Å². The number of aliphatic imine (C=N–C) groups is 1. The van der Waals surface area contributed by atoms with Crippen molar-refractivity contribution in [3.63, 3.8) is 0 Å². The van der Waals surface area contributed by atoms with E-state index in [0.717, 1.165) is 16.9 Å². The van der Waals surface area contributed by atoms with E-state index in [0.29, 0.717) is 11.5 Å². The van der Waals surface area contributed by atoms with Crippen molar-refractivity contribution in [2.75, 3.05) is 26.6 Å². The van der Waals surface area contributed by atoms with Crippen molar-refractivity contribution in [3.05, 3.63) is 48.0 Å². The number of nitrogens with zero attached hydrogens (tertiary/aromatic N) is 1. The standard InChI is InChI=1S/C19H22N2O4/c1-20-18-16(24-2)10-13(11-17(18)25-3)9-14(19(22)23)12-21-15-7-5-4-6-8-15/h4-8,10-12,14,20H,9H2,1-3H3,(H,22,23). The van der Waals surface area contributed by atoms with E-state index < -0.39 is 11.9 Å². The second-order valence-corrected chi connectivity index (χ2v) is 5.39. The van der Waals surface area contributed by atoms with Gasteiger partial charge >= 0.3 is 5.97 Å². The Morgan fingerprint density at radius 2 is 1.80 bits per heavy atom. The van der Waals surface area contributed by atoms with Crippen LogP contribution in [0.25, 0.3) is 0 Å². The summed E-state index contributed by atoms with van der Waals surface area (Å²) in [6.45, 7) is 0. The molecule has 0 amide bonds. The fourth-order valence-electron chi connectivity index (χ4n) is 2.48. The summed E-state index contributed by atoms with van der Waals surface area (Å²) in [6, 6.07) is 12.9. The average molecular weight is 342 g/mol. The molecular formula is C19H22N2O4. The lowest BCUT2D eigenvalue weighted by Gasteiger charge is -2.16. The molecule has 0 saturated carbocycles. The molecule has 1 unspecified atom stereocenters. The first-order chi connectivity index (χ1) is 12.1. The number of carboxylic acids is 1. The lowest BCUT2D eigenvalue weighted by Crippen LogP contribution is -2.18. The van der Waals surface area contributed by atoms with Crippen LogP contribution in [0.15, 0.2) is 47.5 Å². The van der Waals surface area contributed by atoms with E-state index in [1.165, 1.54) is 6.21 Å². The van der Waals surface area contributed by atoms with E-state index in [2.05, 4.69) is 10.3 Å². The number of rotatable bonds is 8. The molecule has 0 aromatic heterocycles. The maximum Gasteiger partial charge on any atom is 0.312 e. The summed E-state index contributed by atoms with van der Waals surface area (Å²) >= 11 is 0. The predicted molar refractivity (Wildman–Crippen MR) is 98.5 cm³/mol. The first-order valence-electron chi connectivity index (χ1n) is 7.83. The Kier molecular flexibility index (Phi) is 6.39. The Morgan fingerprint density at radius 3 is 2.28 bits per heavy atom. The molecule has 0 saturated heterocycles. The molecule has 0 spiro atoms. The van der Waals surface area contributed by atoms with Crippen LogP contribution in [0.2, 0.25) is 0 Å². The second-order valence-electron chi connectivity index (χ2n) is 5.39. The lowest BCUT2D eigenvalue weighted by molar-refractivity contribution is -0.139. The summed E-state index contributed by atoms with van der Waals surface area (Å²) in [5.41, 5.74) is 2.23. The largest absolute Gasteiger partial charge is 0.494 e. The fourth-order valence-corrected chi connectivity index (χ4v) is 2.48. The Hall–Kier alpha value is -3.02.